The van der Waals surface area contributed by atoms with Gasteiger partial charge in [-0.1, -0.05) is 36.4 Å². The number of nitrogens with zero attached hydrogens (tertiary/aromatic N) is 2. The van der Waals surface area contributed by atoms with Crippen LogP contribution < -0.4 is 50.8 Å². The number of fused-ring (bicyclic) bond motifs is 2. The van der Waals surface area contributed by atoms with E-state index in [-0.39, 0.29) is 41.5 Å². The third-order valence-corrected chi connectivity index (χ3v) is 15.8. The van der Waals surface area contributed by atoms with Crippen LogP contribution in [0.2, 0.25) is 0 Å². The first-order chi connectivity index (χ1) is 40.4. The van der Waals surface area contributed by atoms with Crippen LogP contribution in [0.15, 0.2) is 109 Å². The molecule has 2 fully saturated rings. The molecule has 4 aliphatic heterocycles. The average Bonchev–Trinajstić information content (AvgIpc) is 2.52. The summed E-state index contributed by atoms with van der Waals surface area (Å²) in [5.41, 5.74) is 10.4. The number of hydrogen-bond acceptors (Lipinski definition) is 14. The van der Waals surface area contributed by atoms with Crippen LogP contribution >= 0.6 is 0 Å². The molecule has 6 aromatic rings. The minimum Gasteiger partial charge on any atom is -0.493 e. The van der Waals surface area contributed by atoms with E-state index in [2.05, 4.69) is 31.9 Å². The number of carbonyl (C=O) groups is 7. The first-order valence-corrected chi connectivity index (χ1v) is 27.7. The van der Waals surface area contributed by atoms with Crippen molar-refractivity contribution >= 4 is 64.2 Å². The maximum atomic E-state index is 14.7. The maximum Gasteiger partial charge on any atom is 0.311 e. The molecule has 4 aliphatic rings. The van der Waals surface area contributed by atoms with Gasteiger partial charge < -0.3 is 65.4 Å². The second kappa shape index (κ2) is 25.7. The lowest BCUT2D eigenvalue weighted by Crippen LogP contribution is -2.39. The van der Waals surface area contributed by atoms with E-state index in [4.69, 9.17) is 23.7 Å². The molecule has 20 nitrogen and oxygen atoms in total. The highest BCUT2D eigenvalue weighted by Gasteiger charge is 2.46. The van der Waals surface area contributed by atoms with E-state index in [1.54, 1.807) is 67.7 Å². The van der Waals surface area contributed by atoms with Gasteiger partial charge in [0, 0.05) is 73.9 Å². The molecular formula is C64H70N8O12. The van der Waals surface area contributed by atoms with Crippen molar-refractivity contribution in [2.45, 2.75) is 84.2 Å². The van der Waals surface area contributed by atoms with Gasteiger partial charge >= 0.3 is 5.97 Å². The smallest absolute Gasteiger partial charge is 0.311 e. The van der Waals surface area contributed by atoms with Crippen molar-refractivity contribution in [2.75, 3.05) is 69.9 Å². The highest BCUT2D eigenvalue weighted by molar-refractivity contribution is 6.00. The van der Waals surface area contributed by atoms with Gasteiger partial charge in [-0.3, -0.25) is 33.6 Å². The normalized spacial score (nSPS) is 17.2. The van der Waals surface area contributed by atoms with E-state index in [1.165, 1.54) is 35.2 Å². The van der Waals surface area contributed by atoms with Gasteiger partial charge in [-0.15, -0.1) is 0 Å². The molecule has 0 aromatic heterocycles. The van der Waals surface area contributed by atoms with Crippen LogP contribution in [0.3, 0.4) is 0 Å². The van der Waals surface area contributed by atoms with Crippen molar-refractivity contribution in [2.24, 2.45) is 5.92 Å². The maximum absolute atomic E-state index is 14.7. The molecular weight excluding hydrogens is 1070 g/mol. The Morgan fingerprint density at radius 1 is 0.524 bits per heavy atom. The minimum atomic E-state index is -0.921. The van der Waals surface area contributed by atoms with Gasteiger partial charge in [0.2, 0.25) is 23.6 Å². The van der Waals surface area contributed by atoms with Crippen molar-refractivity contribution in [1.29, 1.82) is 0 Å². The van der Waals surface area contributed by atoms with Gasteiger partial charge in [0.25, 0.3) is 11.8 Å². The van der Waals surface area contributed by atoms with Crippen LogP contribution in [0, 0.1) is 19.8 Å². The van der Waals surface area contributed by atoms with Gasteiger partial charge in [-0.05, 0) is 150 Å². The third-order valence-electron chi connectivity index (χ3n) is 15.8. The third kappa shape index (κ3) is 12.6. The van der Waals surface area contributed by atoms with Gasteiger partial charge in [0.1, 0.15) is 12.1 Å². The number of rotatable bonds is 17. The molecule has 0 spiro atoms. The van der Waals surface area contributed by atoms with Crippen LogP contribution in [0.5, 0.6) is 23.0 Å². The molecule has 438 valence electrons. The molecule has 0 unspecified atom stereocenters. The summed E-state index contributed by atoms with van der Waals surface area (Å²) in [4.78, 5) is 94.0. The SMILES string of the molecule is COC(=O)[C@H]1CCN(C(=O)[C@H](Nc2ccc3c(c2)C(=O)NC3)c2ccc(OC)c(OC)c2)[C@H]1c1cc(NC(C)=O)ccc1C.COc1ccc([C@@H](Nc2ccc3c(c2)C(=O)NC3)C(=O)N2CCC[C@@H]2c2cc(NC(C)=O)ccc2C)cc1OC. The minimum absolute atomic E-state index is 0.0935. The summed E-state index contributed by atoms with van der Waals surface area (Å²) in [6.45, 7) is 8.68. The predicted octanol–water partition coefficient (Wildman–Crippen LogP) is 8.86. The number of esters is 1. The molecule has 0 radical (unpaired) electrons. The number of aryl methyl sites for hydroxylation is 2. The second-order valence-corrected chi connectivity index (χ2v) is 21.1. The van der Waals surface area contributed by atoms with Crippen LogP contribution in [-0.4, -0.2) is 99.9 Å². The molecule has 20 heteroatoms. The van der Waals surface area contributed by atoms with E-state index in [0.717, 1.165) is 46.2 Å². The molecule has 6 aromatic carbocycles. The summed E-state index contributed by atoms with van der Waals surface area (Å²) in [6, 6.07) is 30.5. The van der Waals surface area contributed by atoms with Crippen LogP contribution in [0.1, 0.15) is 123 Å². The molecule has 2 saturated heterocycles. The Bertz CT molecular complexity index is 3550. The van der Waals surface area contributed by atoms with Crippen molar-refractivity contribution in [3.05, 3.63) is 165 Å². The van der Waals surface area contributed by atoms with E-state index < -0.39 is 30.0 Å². The Morgan fingerprint density at radius 2 is 0.988 bits per heavy atom. The van der Waals surface area contributed by atoms with Crippen molar-refractivity contribution in [3.8, 4) is 23.0 Å². The molecule has 10 rings (SSSR count). The summed E-state index contributed by atoms with van der Waals surface area (Å²) >= 11 is 0. The molecule has 6 N–H and O–H groups in total. The molecule has 4 heterocycles. The fraction of sp³-hybridized carbons (Fsp3) is 0.328. The number of hydrogen-bond donors (Lipinski definition) is 6. The fourth-order valence-corrected chi connectivity index (χ4v) is 11.6. The summed E-state index contributed by atoms with van der Waals surface area (Å²) in [6.07, 6.45) is 2.07. The lowest BCUT2D eigenvalue weighted by molar-refractivity contribution is -0.147. The van der Waals surface area contributed by atoms with Crippen LogP contribution in [0.4, 0.5) is 22.7 Å². The first-order valence-electron chi connectivity index (χ1n) is 27.7. The monoisotopic (exact) mass is 1140 g/mol. The lowest BCUT2D eigenvalue weighted by atomic mass is 9.90. The van der Waals surface area contributed by atoms with Gasteiger partial charge in [0.15, 0.2) is 23.0 Å². The topological polar surface area (TPSA) is 244 Å². The summed E-state index contributed by atoms with van der Waals surface area (Å²) in [7, 11) is 7.52. The zero-order valence-electron chi connectivity index (χ0n) is 48.5. The Morgan fingerprint density at radius 3 is 1.46 bits per heavy atom. The first kappa shape index (κ1) is 59.0. The Hall–Kier alpha value is -9.59. The number of anilines is 4. The van der Waals surface area contributed by atoms with Gasteiger partial charge in [-0.2, -0.15) is 0 Å². The predicted molar refractivity (Wildman–Crippen MR) is 316 cm³/mol. The van der Waals surface area contributed by atoms with E-state index in [9.17, 15) is 33.6 Å². The largest absolute Gasteiger partial charge is 0.493 e. The second-order valence-electron chi connectivity index (χ2n) is 21.1. The Labute approximate surface area is 487 Å². The van der Waals surface area contributed by atoms with Gasteiger partial charge in [-0.25, -0.2) is 0 Å². The van der Waals surface area contributed by atoms with Crippen LogP contribution in [0.25, 0.3) is 0 Å². The van der Waals surface area contributed by atoms with Crippen molar-refractivity contribution < 1.29 is 57.2 Å². The number of nitrogens with one attached hydrogen (secondary N) is 6. The highest BCUT2D eigenvalue weighted by atomic mass is 16.5. The zero-order chi connectivity index (χ0) is 59.9. The number of amides is 6. The number of carbonyl (C=O) groups excluding carboxylic acids is 7. The molecule has 6 amide bonds. The summed E-state index contributed by atoms with van der Waals surface area (Å²) < 4.78 is 27.1. The number of methoxy groups -OCH3 is 5. The molecule has 0 aliphatic carbocycles. The zero-order valence-corrected chi connectivity index (χ0v) is 48.5. The molecule has 5 atom stereocenters. The summed E-state index contributed by atoms with van der Waals surface area (Å²) in [5.74, 6) is -0.0597. The fourth-order valence-electron chi connectivity index (χ4n) is 11.6. The molecule has 0 saturated carbocycles. The number of likely N-dealkylation sites (tertiary alicyclic amines) is 2. The molecule has 0 bridgehead atoms. The van der Waals surface area contributed by atoms with E-state index >= 15 is 0 Å². The number of benzene rings is 6. The Balaban J connectivity index is 0.000000202. The average molecular weight is 1140 g/mol. The van der Waals surface area contributed by atoms with Gasteiger partial charge in [0.05, 0.1) is 53.6 Å². The van der Waals surface area contributed by atoms with Crippen molar-refractivity contribution in [1.82, 2.24) is 20.4 Å². The summed E-state index contributed by atoms with van der Waals surface area (Å²) in [5, 5.41) is 18.1. The quantitative estimate of drug-likeness (QED) is 0.0468. The lowest BCUT2D eigenvalue weighted by Gasteiger charge is -2.33. The standard InChI is InChI=1S/C33H36N4O7.C31H34N4O5/c1-18-6-9-22(35-19(2)38)15-25(18)30-24(33(41)44-5)12-13-37(30)32(40)29(20-8-11-27(42-3)28(14-20)43-4)36-23-10-7-21-17-34-31(39)26(21)16-23;1-18-7-10-22(33-19(2)36)15-24(18)26-6-5-13-35(26)31(38)29(20-9-12-27(39-3)28(14-20)40-4)34-23-11-8-21-17-32-30(37)25(21)16-23/h6-11,14-16,24,29-30,36H,12-13,17H2,1-5H3,(H,34,39)(H,35,38);7-12,14-16,26,29,34H,5-6,13,17H2,1-4H3,(H,32,37)(H,33,36)/t24-,29+,30+;26-,29-/m01/s1. The van der Waals surface area contributed by atoms with Crippen LogP contribution in [-0.2, 0) is 41.8 Å². The van der Waals surface area contributed by atoms with E-state index in [0.29, 0.717) is 101 Å². The highest BCUT2D eigenvalue weighted by Crippen LogP contribution is 2.44. The molecule has 84 heavy (non-hydrogen) atoms. The Kier molecular flexibility index (Phi) is 18.1. The van der Waals surface area contributed by atoms with Crippen molar-refractivity contribution in [3.63, 3.8) is 0 Å². The van der Waals surface area contributed by atoms with E-state index in [1.807, 2.05) is 79.4 Å². The number of ether oxygens (including phenoxy) is 5.